The number of rotatable bonds is 3. The van der Waals surface area contributed by atoms with E-state index in [1.54, 1.807) is 6.20 Å². The largest absolute Gasteiger partial charge is 0.446 e. The number of benzene rings is 2. The van der Waals surface area contributed by atoms with Crippen molar-refractivity contribution in [1.29, 1.82) is 0 Å². The number of aldehydes is 1. The molecule has 3 N–H and O–H groups in total. The summed E-state index contributed by atoms with van der Waals surface area (Å²) in [6.45, 7) is 7.28. The molecule has 0 unspecified atom stereocenters. The Labute approximate surface area is 265 Å². The quantitative estimate of drug-likeness (QED) is 0.261. The van der Waals surface area contributed by atoms with E-state index in [0.29, 0.717) is 36.3 Å². The number of anilines is 5. The molecule has 2 aliphatic heterocycles. The molecular formula is C32H36ClF3N6O3. The van der Waals surface area contributed by atoms with Crippen LogP contribution in [0.15, 0.2) is 48.7 Å². The first-order chi connectivity index (χ1) is 21.2. The molecule has 1 fully saturated rings. The number of hydrogen-bond donors (Lipinski definition) is 3. The van der Waals surface area contributed by atoms with E-state index in [1.807, 2.05) is 56.0 Å². The first kappa shape index (κ1) is 33.7. The van der Waals surface area contributed by atoms with E-state index in [-0.39, 0.29) is 23.1 Å². The summed E-state index contributed by atoms with van der Waals surface area (Å²) in [5.74, 6) is 1.41. The van der Waals surface area contributed by atoms with Crippen LogP contribution in [0.5, 0.6) is 0 Å². The average molecular weight is 645 g/mol. The predicted octanol–water partition coefficient (Wildman–Crippen LogP) is 7.08. The van der Waals surface area contributed by atoms with Crippen molar-refractivity contribution in [3.8, 4) is 0 Å². The molecule has 0 aliphatic carbocycles. The molecule has 5 rings (SSSR count). The van der Waals surface area contributed by atoms with Crippen LogP contribution in [0.3, 0.4) is 0 Å². The number of likely N-dealkylation sites (tertiary alicyclic amines) is 1. The number of hydrogen-bond acceptors (Lipinski definition) is 7. The molecule has 0 radical (unpaired) electrons. The number of aromatic nitrogens is 2. The SMILES string of the molecule is CC(C)(C)C(=O)N1CCC(CC(=O)Nc2ccc3cc2CCc2cccc(c2)Nc2ncc(Cl)c(n2)N3)CC1.O=CC(F)(F)F. The van der Waals surface area contributed by atoms with Gasteiger partial charge in [0.25, 0.3) is 0 Å². The second-order valence-electron chi connectivity index (χ2n) is 12.1. The molecule has 6 bridgehead atoms. The summed E-state index contributed by atoms with van der Waals surface area (Å²) in [5.41, 5.74) is 4.36. The van der Waals surface area contributed by atoms with Crippen LogP contribution in [0.1, 0.15) is 51.2 Å². The number of piperidine rings is 1. The van der Waals surface area contributed by atoms with Crippen LogP contribution in [0, 0.1) is 11.3 Å². The van der Waals surface area contributed by atoms with Gasteiger partial charge in [0, 0.05) is 42.0 Å². The summed E-state index contributed by atoms with van der Waals surface area (Å²) >= 11 is 6.38. The lowest BCUT2D eigenvalue weighted by Gasteiger charge is -2.35. The van der Waals surface area contributed by atoms with Crippen LogP contribution in [0.2, 0.25) is 5.02 Å². The molecule has 9 nitrogen and oxygen atoms in total. The zero-order valence-electron chi connectivity index (χ0n) is 25.3. The number of nitrogens with one attached hydrogen (secondary N) is 3. The van der Waals surface area contributed by atoms with E-state index >= 15 is 0 Å². The number of amides is 2. The number of aryl methyl sites for hydroxylation is 2. The summed E-state index contributed by atoms with van der Waals surface area (Å²) in [6, 6.07) is 14.1. The fourth-order valence-corrected chi connectivity index (χ4v) is 5.28. The highest BCUT2D eigenvalue weighted by molar-refractivity contribution is 6.32. The Bertz CT molecular complexity index is 1540. The van der Waals surface area contributed by atoms with Crippen LogP contribution >= 0.6 is 11.6 Å². The topological polar surface area (TPSA) is 116 Å². The maximum absolute atomic E-state index is 13.1. The summed E-state index contributed by atoms with van der Waals surface area (Å²) in [7, 11) is 0. The van der Waals surface area contributed by atoms with Gasteiger partial charge in [-0.3, -0.25) is 14.4 Å². The van der Waals surface area contributed by atoms with Gasteiger partial charge in [-0.05, 0) is 73.1 Å². The van der Waals surface area contributed by atoms with Crippen molar-refractivity contribution in [1.82, 2.24) is 14.9 Å². The number of carbonyl (C=O) groups excluding carboxylic acids is 3. The maximum Gasteiger partial charge on any atom is 0.446 e. The van der Waals surface area contributed by atoms with E-state index in [2.05, 4.69) is 38.1 Å². The standard InChI is InChI=1S/C30H35ClN6O2.C2HF3O/c1-30(2,3)28(39)37-13-11-20(12-14-37)16-26(38)35-25-10-9-23-17-21(25)8-7-19-5-4-6-22(15-19)34-29-32-18-24(31)27(33-23)36-29;3-2(4,5)1-6/h4-6,9-10,15,17-18,20H,7-8,11-14,16H2,1-3H3,(H,35,38)(H2,32,33,34,36);1H. The van der Waals surface area contributed by atoms with Gasteiger partial charge >= 0.3 is 6.18 Å². The van der Waals surface area contributed by atoms with E-state index in [0.717, 1.165) is 48.3 Å². The van der Waals surface area contributed by atoms with Crippen molar-refractivity contribution in [2.45, 2.75) is 59.1 Å². The lowest BCUT2D eigenvalue weighted by atomic mass is 9.89. The monoisotopic (exact) mass is 644 g/mol. The van der Waals surface area contributed by atoms with Gasteiger partial charge in [-0.2, -0.15) is 18.2 Å². The summed E-state index contributed by atoms with van der Waals surface area (Å²) in [5, 5.41) is 10.1. The number of fused-ring (bicyclic) bond motifs is 6. The van der Waals surface area contributed by atoms with Gasteiger partial charge in [-0.15, -0.1) is 0 Å². The highest BCUT2D eigenvalue weighted by atomic mass is 35.5. The van der Waals surface area contributed by atoms with E-state index in [1.165, 1.54) is 5.56 Å². The van der Waals surface area contributed by atoms with Gasteiger partial charge in [0.05, 0.1) is 6.20 Å². The smallest absolute Gasteiger partial charge is 0.342 e. The third-order valence-electron chi connectivity index (χ3n) is 7.40. The first-order valence-electron chi connectivity index (χ1n) is 14.6. The fraction of sp³-hybridized carbons (Fsp3) is 0.406. The molecule has 3 heterocycles. The minimum absolute atomic E-state index is 0.00478. The van der Waals surface area contributed by atoms with Crippen LogP contribution in [0.25, 0.3) is 0 Å². The second kappa shape index (κ2) is 14.3. The van der Waals surface area contributed by atoms with Crippen LogP contribution in [-0.2, 0) is 27.2 Å². The Kier molecular flexibility index (Phi) is 10.7. The molecule has 1 saturated heterocycles. The lowest BCUT2D eigenvalue weighted by molar-refractivity contribution is -0.156. The average Bonchev–Trinajstić information content (AvgIpc) is 2.98. The number of nitrogens with zero attached hydrogens (tertiary/aromatic N) is 3. The van der Waals surface area contributed by atoms with E-state index in [4.69, 9.17) is 16.4 Å². The van der Waals surface area contributed by atoms with Crippen LogP contribution in [0.4, 0.5) is 42.0 Å². The van der Waals surface area contributed by atoms with Crippen molar-refractivity contribution in [2.24, 2.45) is 11.3 Å². The molecule has 3 aromatic rings. The van der Waals surface area contributed by atoms with Crippen molar-refractivity contribution < 1.29 is 27.6 Å². The molecule has 2 amide bonds. The first-order valence-corrected chi connectivity index (χ1v) is 15.0. The Morgan fingerprint density at radius 3 is 2.40 bits per heavy atom. The summed E-state index contributed by atoms with van der Waals surface area (Å²) in [4.78, 5) is 45.2. The fourth-order valence-electron chi connectivity index (χ4n) is 5.14. The van der Waals surface area contributed by atoms with Crippen LogP contribution < -0.4 is 16.0 Å². The van der Waals surface area contributed by atoms with Gasteiger partial charge in [0.1, 0.15) is 5.02 Å². The van der Waals surface area contributed by atoms with Crippen LogP contribution in [-0.4, -0.2) is 52.2 Å². The number of carbonyl (C=O) groups is 3. The minimum Gasteiger partial charge on any atom is -0.342 e. The molecule has 13 heteroatoms. The zero-order chi connectivity index (χ0) is 32.8. The van der Waals surface area contributed by atoms with Crippen molar-refractivity contribution in [3.05, 3.63) is 64.8 Å². The van der Waals surface area contributed by atoms with Gasteiger partial charge in [0.15, 0.2) is 5.82 Å². The van der Waals surface area contributed by atoms with Gasteiger partial charge in [-0.25, -0.2) is 4.98 Å². The molecule has 1 aromatic heterocycles. The Morgan fingerprint density at radius 2 is 1.73 bits per heavy atom. The number of halogens is 4. The Morgan fingerprint density at radius 1 is 1.04 bits per heavy atom. The normalized spacial score (nSPS) is 15.0. The van der Waals surface area contributed by atoms with Crippen molar-refractivity contribution in [2.75, 3.05) is 29.0 Å². The Balaban J connectivity index is 0.000000700. The lowest BCUT2D eigenvalue weighted by Crippen LogP contribution is -2.44. The maximum atomic E-state index is 13.1. The number of alkyl halides is 3. The summed E-state index contributed by atoms with van der Waals surface area (Å²) < 4.78 is 31.2. The van der Waals surface area contributed by atoms with Gasteiger partial charge in [-0.1, -0.05) is 44.5 Å². The molecule has 0 atom stereocenters. The highest BCUT2D eigenvalue weighted by Gasteiger charge is 2.31. The second-order valence-corrected chi connectivity index (χ2v) is 12.5. The third-order valence-corrected chi connectivity index (χ3v) is 7.68. The predicted molar refractivity (Wildman–Crippen MR) is 168 cm³/mol. The zero-order valence-corrected chi connectivity index (χ0v) is 26.1. The molecule has 240 valence electrons. The molecule has 0 saturated carbocycles. The molecule has 0 spiro atoms. The Hall–Kier alpha value is -4.19. The van der Waals surface area contributed by atoms with E-state index < -0.39 is 12.5 Å². The minimum atomic E-state index is -4.64. The molecule has 2 aliphatic rings. The molecule has 45 heavy (non-hydrogen) atoms. The highest BCUT2D eigenvalue weighted by Crippen LogP contribution is 2.30. The van der Waals surface area contributed by atoms with Crippen molar-refractivity contribution >= 4 is 58.5 Å². The molecule has 2 aromatic carbocycles. The van der Waals surface area contributed by atoms with Crippen molar-refractivity contribution in [3.63, 3.8) is 0 Å². The van der Waals surface area contributed by atoms with Gasteiger partial charge < -0.3 is 20.9 Å². The third kappa shape index (κ3) is 9.90. The van der Waals surface area contributed by atoms with E-state index in [9.17, 15) is 22.8 Å². The van der Waals surface area contributed by atoms with Gasteiger partial charge in [0.2, 0.25) is 24.0 Å². The summed E-state index contributed by atoms with van der Waals surface area (Å²) in [6.07, 6.45) is -0.438. The molecular weight excluding hydrogens is 609 g/mol.